The number of hydrogen-bond acceptors (Lipinski definition) is 3. The molecule has 1 aliphatic rings. The summed E-state index contributed by atoms with van der Waals surface area (Å²) in [7, 11) is 0. The number of benzene rings is 2. The van der Waals surface area contributed by atoms with Crippen LogP contribution in [0.25, 0.3) is 10.9 Å². The molecule has 1 N–H and O–H groups in total. The summed E-state index contributed by atoms with van der Waals surface area (Å²) in [6.45, 7) is 2.78. The molecule has 1 aromatic heterocycles. The summed E-state index contributed by atoms with van der Waals surface area (Å²) in [6.07, 6.45) is 4.13. The van der Waals surface area contributed by atoms with Gasteiger partial charge in [-0.15, -0.1) is 11.8 Å². The Morgan fingerprint density at radius 3 is 2.77 bits per heavy atom. The number of carbonyl (C=O) groups is 1. The second-order valence-corrected chi connectivity index (χ2v) is 7.93. The van der Waals surface area contributed by atoms with Gasteiger partial charge in [-0.25, -0.2) is 0 Å². The van der Waals surface area contributed by atoms with Crippen LogP contribution in [-0.4, -0.2) is 35.0 Å². The number of H-pyrrole nitrogens is 1. The number of Topliss-reactive ketones (excluding diaryl/α,β-unsaturated/α-hetero) is 1. The minimum Gasteiger partial charge on any atom is -0.357 e. The van der Waals surface area contributed by atoms with Crippen molar-refractivity contribution in [3.8, 4) is 0 Å². The lowest BCUT2D eigenvalue weighted by atomic mass is 9.90. The van der Waals surface area contributed by atoms with Gasteiger partial charge in [-0.3, -0.25) is 9.69 Å². The van der Waals surface area contributed by atoms with E-state index in [4.69, 9.17) is 0 Å². The number of thioether (sulfide) groups is 1. The molecule has 134 valence electrons. The molecule has 26 heavy (non-hydrogen) atoms. The highest BCUT2D eigenvalue weighted by molar-refractivity contribution is 7.98. The van der Waals surface area contributed by atoms with Crippen molar-refractivity contribution in [3.63, 3.8) is 0 Å². The third kappa shape index (κ3) is 3.71. The first kappa shape index (κ1) is 17.4. The predicted molar refractivity (Wildman–Crippen MR) is 109 cm³/mol. The van der Waals surface area contributed by atoms with Crippen molar-refractivity contribution >= 4 is 28.4 Å². The highest BCUT2D eigenvalue weighted by Crippen LogP contribution is 2.24. The Kier molecular flexibility index (Phi) is 5.14. The minimum absolute atomic E-state index is 0.105. The summed E-state index contributed by atoms with van der Waals surface area (Å²) >= 11 is 1.71. The van der Waals surface area contributed by atoms with Gasteiger partial charge in [-0.1, -0.05) is 30.3 Å². The monoisotopic (exact) mass is 364 g/mol. The number of para-hydroxylation sites is 1. The molecule has 0 bridgehead atoms. The van der Waals surface area contributed by atoms with E-state index >= 15 is 0 Å². The first-order chi connectivity index (χ1) is 12.7. The van der Waals surface area contributed by atoms with Crippen LogP contribution in [0.15, 0.2) is 59.5 Å². The highest BCUT2D eigenvalue weighted by atomic mass is 32.2. The van der Waals surface area contributed by atoms with Crippen molar-refractivity contribution < 1.29 is 4.79 Å². The average molecular weight is 365 g/mol. The Labute approximate surface area is 158 Å². The number of nitrogens with one attached hydrogen (secondary N) is 1. The Balaban J connectivity index is 1.43. The number of aromatic nitrogens is 1. The predicted octanol–water partition coefficient (Wildman–Crippen LogP) is 4.98. The van der Waals surface area contributed by atoms with Crippen molar-refractivity contribution in [3.05, 3.63) is 65.9 Å². The molecular weight excluding hydrogens is 340 g/mol. The summed E-state index contributed by atoms with van der Waals surface area (Å²) in [5, 5.41) is 1.25. The maximum absolute atomic E-state index is 12.9. The van der Waals surface area contributed by atoms with Gasteiger partial charge in [0.1, 0.15) is 0 Å². The Morgan fingerprint density at radius 1 is 1.19 bits per heavy atom. The number of fused-ring (bicyclic) bond motifs is 1. The van der Waals surface area contributed by atoms with Crippen LogP contribution in [0.3, 0.4) is 0 Å². The Hall–Kier alpha value is -2.04. The first-order valence-corrected chi connectivity index (χ1v) is 10.4. The summed E-state index contributed by atoms with van der Waals surface area (Å²) in [6, 6.07) is 18.6. The van der Waals surface area contributed by atoms with E-state index < -0.39 is 0 Å². The lowest BCUT2D eigenvalue weighted by molar-refractivity contribution is 0.0810. The number of likely N-dealkylation sites (tertiary alicyclic amines) is 1. The molecule has 0 spiro atoms. The molecule has 1 fully saturated rings. The van der Waals surface area contributed by atoms with Crippen LogP contribution in [0.5, 0.6) is 0 Å². The smallest absolute Gasteiger partial charge is 0.167 e. The van der Waals surface area contributed by atoms with Gasteiger partial charge in [0.15, 0.2) is 5.78 Å². The topological polar surface area (TPSA) is 36.1 Å². The lowest BCUT2D eigenvalue weighted by Crippen LogP contribution is -2.38. The molecule has 1 aliphatic heterocycles. The van der Waals surface area contributed by atoms with Crippen LogP contribution in [0, 0.1) is 5.92 Å². The van der Waals surface area contributed by atoms with Gasteiger partial charge in [-0.05, 0) is 55.3 Å². The van der Waals surface area contributed by atoms with E-state index in [2.05, 4.69) is 46.5 Å². The molecule has 2 aromatic carbocycles. The quantitative estimate of drug-likeness (QED) is 0.512. The minimum atomic E-state index is 0.105. The zero-order valence-corrected chi connectivity index (χ0v) is 15.9. The number of piperidine rings is 1. The fraction of sp³-hybridized carbons (Fsp3) is 0.318. The van der Waals surface area contributed by atoms with Gasteiger partial charge in [0.05, 0.1) is 0 Å². The number of aromatic amines is 1. The van der Waals surface area contributed by atoms with Gasteiger partial charge in [0.25, 0.3) is 0 Å². The average Bonchev–Trinajstić information content (AvgIpc) is 3.10. The van der Waals surface area contributed by atoms with Gasteiger partial charge in [-0.2, -0.15) is 0 Å². The van der Waals surface area contributed by atoms with Crippen molar-refractivity contribution in [1.82, 2.24) is 9.88 Å². The first-order valence-electron chi connectivity index (χ1n) is 9.20. The number of carbonyl (C=O) groups excluding carboxylic acids is 1. The lowest BCUT2D eigenvalue weighted by Gasteiger charge is -2.31. The van der Waals surface area contributed by atoms with E-state index in [0.717, 1.165) is 38.0 Å². The van der Waals surface area contributed by atoms with Crippen molar-refractivity contribution in [2.24, 2.45) is 5.92 Å². The molecule has 0 aliphatic carbocycles. The Morgan fingerprint density at radius 2 is 2.00 bits per heavy atom. The maximum Gasteiger partial charge on any atom is 0.167 e. The molecule has 1 saturated heterocycles. The molecule has 1 atom stereocenters. The van der Waals surface area contributed by atoms with E-state index in [-0.39, 0.29) is 5.92 Å². The van der Waals surface area contributed by atoms with E-state index in [1.54, 1.807) is 11.8 Å². The van der Waals surface area contributed by atoms with Crippen LogP contribution in [-0.2, 0) is 6.54 Å². The molecule has 0 unspecified atom stereocenters. The molecule has 0 radical (unpaired) electrons. The highest BCUT2D eigenvalue weighted by Gasteiger charge is 2.26. The Bertz CT molecular complexity index is 867. The largest absolute Gasteiger partial charge is 0.357 e. The summed E-state index contributed by atoms with van der Waals surface area (Å²) in [5.41, 5.74) is 3.25. The van der Waals surface area contributed by atoms with Crippen molar-refractivity contribution in [1.29, 1.82) is 0 Å². The molecule has 0 amide bonds. The van der Waals surface area contributed by atoms with Crippen LogP contribution in [0.2, 0.25) is 0 Å². The van der Waals surface area contributed by atoms with Crippen LogP contribution in [0.1, 0.15) is 28.9 Å². The summed E-state index contributed by atoms with van der Waals surface area (Å²) in [4.78, 5) is 20.0. The number of ketones is 1. The van der Waals surface area contributed by atoms with E-state index in [0.29, 0.717) is 5.78 Å². The number of nitrogens with zero attached hydrogens (tertiary/aromatic N) is 1. The third-order valence-electron chi connectivity index (χ3n) is 5.23. The second-order valence-electron chi connectivity index (χ2n) is 7.05. The molecule has 4 heteroatoms. The summed E-state index contributed by atoms with van der Waals surface area (Å²) in [5.74, 6) is 0.396. The van der Waals surface area contributed by atoms with Crippen LogP contribution in [0.4, 0.5) is 0 Å². The molecular formula is C22H24N2OS. The van der Waals surface area contributed by atoms with Crippen LogP contribution >= 0.6 is 11.8 Å². The fourth-order valence-corrected chi connectivity index (χ4v) is 4.27. The van der Waals surface area contributed by atoms with Gasteiger partial charge in [0, 0.05) is 40.7 Å². The van der Waals surface area contributed by atoms with Crippen LogP contribution < -0.4 is 0 Å². The fourth-order valence-electron chi connectivity index (χ4n) is 3.86. The normalized spacial score (nSPS) is 18.3. The van der Waals surface area contributed by atoms with Gasteiger partial charge in [0.2, 0.25) is 0 Å². The zero-order chi connectivity index (χ0) is 17.9. The van der Waals surface area contributed by atoms with Crippen molar-refractivity contribution in [2.75, 3.05) is 19.3 Å². The standard InChI is InChI=1S/C22H24N2OS/c1-26-20-10-8-16(9-11-20)22(25)18-6-4-12-24(14-18)15-19-13-17-5-2-3-7-21(17)23-19/h2-3,5,7-11,13,18,23H,4,6,12,14-15H2,1H3/t18-/m1/s1. The summed E-state index contributed by atoms with van der Waals surface area (Å²) < 4.78 is 0. The molecule has 4 rings (SSSR count). The number of rotatable bonds is 5. The maximum atomic E-state index is 12.9. The van der Waals surface area contributed by atoms with E-state index in [1.807, 2.05) is 24.3 Å². The van der Waals surface area contributed by atoms with Gasteiger partial charge < -0.3 is 4.98 Å². The number of hydrogen-bond donors (Lipinski definition) is 1. The van der Waals surface area contributed by atoms with Crippen molar-refractivity contribution in [2.45, 2.75) is 24.3 Å². The van der Waals surface area contributed by atoms with E-state index in [1.165, 1.54) is 21.5 Å². The van der Waals surface area contributed by atoms with E-state index in [9.17, 15) is 4.79 Å². The zero-order valence-electron chi connectivity index (χ0n) is 15.1. The third-order valence-corrected chi connectivity index (χ3v) is 5.97. The molecule has 0 saturated carbocycles. The van der Waals surface area contributed by atoms with Gasteiger partial charge >= 0.3 is 0 Å². The molecule has 2 heterocycles. The molecule has 3 nitrogen and oxygen atoms in total. The SMILES string of the molecule is CSc1ccc(C(=O)[C@@H]2CCCN(Cc3cc4ccccc4[nH]3)C2)cc1. The second kappa shape index (κ2) is 7.68. The molecule has 3 aromatic rings.